The number of nitrogens with one attached hydrogen (secondary N) is 1. The lowest BCUT2D eigenvalue weighted by molar-refractivity contribution is -0.127. The van der Waals surface area contributed by atoms with Crippen LogP contribution in [-0.4, -0.2) is 28.1 Å². The number of rotatable bonds is 7. The van der Waals surface area contributed by atoms with Gasteiger partial charge >= 0.3 is 0 Å². The van der Waals surface area contributed by atoms with Gasteiger partial charge in [-0.2, -0.15) is 0 Å². The highest BCUT2D eigenvalue weighted by Gasteiger charge is 2.35. The average molecular weight is 434 g/mol. The molecule has 5 nitrogen and oxygen atoms in total. The molecule has 2 aliphatic rings. The van der Waals surface area contributed by atoms with Gasteiger partial charge < -0.3 is 14.6 Å². The van der Waals surface area contributed by atoms with Crippen molar-refractivity contribution in [1.29, 1.82) is 0 Å². The predicted molar refractivity (Wildman–Crippen MR) is 116 cm³/mol. The van der Waals surface area contributed by atoms with E-state index >= 15 is 0 Å². The second-order valence-corrected chi connectivity index (χ2v) is 8.98. The number of benzene rings is 1. The molecule has 1 aromatic heterocycles. The number of carbonyl (C=O) groups excluding carboxylic acids is 1. The Hall–Kier alpha value is -2.02. The molecule has 1 heterocycles. The van der Waals surface area contributed by atoms with E-state index in [0.29, 0.717) is 23.5 Å². The second-order valence-electron chi connectivity index (χ2n) is 8.98. The number of nitrogens with zero attached hydrogens (tertiary/aromatic N) is 2. The zero-order valence-corrected chi connectivity index (χ0v) is 18.3. The molecule has 2 saturated carbocycles. The Morgan fingerprint density at radius 3 is 2.42 bits per heavy atom. The van der Waals surface area contributed by atoms with E-state index in [1.807, 2.05) is 11.5 Å². The monoisotopic (exact) mass is 433 g/mol. The molecule has 7 heteroatoms. The standard InChI is InChI=1S/C24H33F2N3O2/c1-2-31-15-22-28-20-13-18(25)19(26)14-21(20)29(22)23(16-9-5-3-6-10-16)24(30)27-17-11-7-4-8-12-17/h13-14,16-17,23H,2-12,15H2,1H3,(H,27,30). The number of fused-ring (bicyclic) bond motifs is 1. The number of imidazole rings is 1. The summed E-state index contributed by atoms with van der Waals surface area (Å²) in [5.74, 6) is -1.19. The molecular weight excluding hydrogens is 400 g/mol. The van der Waals surface area contributed by atoms with Gasteiger partial charge in [0.1, 0.15) is 18.5 Å². The lowest BCUT2D eigenvalue weighted by Crippen LogP contribution is -2.43. The van der Waals surface area contributed by atoms with Crippen LogP contribution in [0.15, 0.2) is 12.1 Å². The first-order valence-electron chi connectivity index (χ1n) is 11.8. The van der Waals surface area contributed by atoms with Crippen molar-refractivity contribution in [3.05, 3.63) is 29.6 Å². The van der Waals surface area contributed by atoms with Gasteiger partial charge in [0.25, 0.3) is 0 Å². The summed E-state index contributed by atoms with van der Waals surface area (Å²) in [7, 11) is 0. The third kappa shape index (κ3) is 4.92. The Kier molecular flexibility index (Phi) is 7.20. The van der Waals surface area contributed by atoms with Crippen LogP contribution in [0.25, 0.3) is 11.0 Å². The maximum Gasteiger partial charge on any atom is 0.243 e. The average Bonchev–Trinajstić information content (AvgIpc) is 3.11. The minimum absolute atomic E-state index is 0.0272. The van der Waals surface area contributed by atoms with Crippen LogP contribution in [0.4, 0.5) is 8.78 Å². The molecule has 1 amide bonds. The Morgan fingerprint density at radius 2 is 1.74 bits per heavy atom. The van der Waals surface area contributed by atoms with Gasteiger partial charge in [-0.15, -0.1) is 0 Å². The number of ether oxygens (including phenoxy) is 1. The highest BCUT2D eigenvalue weighted by atomic mass is 19.2. The molecular formula is C24H33F2N3O2. The summed E-state index contributed by atoms with van der Waals surface area (Å²) in [6.45, 7) is 2.59. The molecule has 1 unspecified atom stereocenters. The fraction of sp³-hybridized carbons (Fsp3) is 0.667. The van der Waals surface area contributed by atoms with Crippen LogP contribution in [-0.2, 0) is 16.1 Å². The van der Waals surface area contributed by atoms with Gasteiger partial charge in [0.05, 0.1) is 11.0 Å². The van der Waals surface area contributed by atoms with E-state index in [-0.39, 0.29) is 24.5 Å². The van der Waals surface area contributed by atoms with Crippen molar-refractivity contribution in [1.82, 2.24) is 14.9 Å². The number of carbonyl (C=O) groups is 1. The van der Waals surface area contributed by atoms with E-state index in [0.717, 1.165) is 57.4 Å². The second kappa shape index (κ2) is 10.1. The van der Waals surface area contributed by atoms with Gasteiger partial charge in [-0.1, -0.05) is 38.5 Å². The smallest absolute Gasteiger partial charge is 0.243 e. The lowest BCUT2D eigenvalue weighted by Gasteiger charge is -2.33. The fourth-order valence-corrected chi connectivity index (χ4v) is 5.27. The zero-order chi connectivity index (χ0) is 21.8. The third-order valence-corrected chi connectivity index (χ3v) is 6.83. The quantitative estimate of drug-likeness (QED) is 0.634. The summed E-state index contributed by atoms with van der Waals surface area (Å²) in [4.78, 5) is 18.2. The van der Waals surface area contributed by atoms with Crippen molar-refractivity contribution < 1.29 is 18.3 Å². The molecule has 31 heavy (non-hydrogen) atoms. The molecule has 0 saturated heterocycles. The summed E-state index contributed by atoms with van der Waals surface area (Å²) in [5, 5.41) is 3.28. The van der Waals surface area contributed by atoms with E-state index in [4.69, 9.17) is 4.74 Å². The number of hydrogen-bond acceptors (Lipinski definition) is 3. The van der Waals surface area contributed by atoms with Crippen LogP contribution in [0, 0.1) is 17.6 Å². The van der Waals surface area contributed by atoms with Crippen molar-refractivity contribution in [2.24, 2.45) is 5.92 Å². The van der Waals surface area contributed by atoms with Crippen LogP contribution in [0.3, 0.4) is 0 Å². The highest BCUT2D eigenvalue weighted by Crippen LogP contribution is 2.37. The normalized spacial score (nSPS) is 19.6. The van der Waals surface area contributed by atoms with E-state index in [2.05, 4.69) is 10.3 Å². The Labute approximate surface area is 182 Å². The summed E-state index contributed by atoms with van der Waals surface area (Å²) < 4.78 is 35.6. The minimum Gasteiger partial charge on any atom is -0.374 e. The van der Waals surface area contributed by atoms with E-state index in [9.17, 15) is 13.6 Å². The van der Waals surface area contributed by atoms with Crippen LogP contribution < -0.4 is 5.32 Å². The fourth-order valence-electron chi connectivity index (χ4n) is 5.27. The lowest BCUT2D eigenvalue weighted by atomic mass is 9.83. The van der Waals surface area contributed by atoms with Crippen LogP contribution in [0.2, 0.25) is 0 Å². The van der Waals surface area contributed by atoms with Crippen molar-refractivity contribution >= 4 is 16.9 Å². The summed E-state index contributed by atoms with van der Waals surface area (Å²) in [6.07, 6.45) is 10.7. The molecule has 0 spiro atoms. The largest absolute Gasteiger partial charge is 0.374 e. The van der Waals surface area contributed by atoms with Gasteiger partial charge in [-0.05, 0) is 38.5 Å². The molecule has 170 valence electrons. The number of aromatic nitrogens is 2. The van der Waals surface area contributed by atoms with E-state index < -0.39 is 17.7 Å². The van der Waals surface area contributed by atoms with Crippen LogP contribution in [0.1, 0.15) is 83.0 Å². The van der Waals surface area contributed by atoms with E-state index in [1.165, 1.54) is 18.9 Å². The van der Waals surface area contributed by atoms with Crippen molar-refractivity contribution in [2.75, 3.05) is 6.61 Å². The van der Waals surface area contributed by atoms with Gasteiger partial charge in [0, 0.05) is 24.8 Å². The van der Waals surface area contributed by atoms with Crippen molar-refractivity contribution in [3.8, 4) is 0 Å². The molecule has 1 aromatic carbocycles. The van der Waals surface area contributed by atoms with Crippen LogP contribution in [0.5, 0.6) is 0 Å². The molecule has 0 aliphatic heterocycles. The molecule has 2 aromatic rings. The molecule has 2 aliphatic carbocycles. The Morgan fingerprint density at radius 1 is 1.10 bits per heavy atom. The van der Waals surface area contributed by atoms with Gasteiger partial charge in [-0.3, -0.25) is 4.79 Å². The molecule has 1 atom stereocenters. The van der Waals surface area contributed by atoms with Gasteiger partial charge in [0.15, 0.2) is 11.6 Å². The molecule has 0 radical (unpaired) electrons. The van der Waals surface area contributed by atoms with Gasteiger partial charge in [0.2, 0.25) is 5.91 Å². The zero-order valence-electron chi connectivity index (χ0n) is 18.3. The first-order valence-corrected chi connectivity index (χ1v) is 11.8. The summed E-state index contributed by atoms with van der Waals surface area (Å²) >= 11 is 0. The van der Waals surface area contributed by atoms with Gasteiger partial charge in [-0.25, -0.2) is 13.8 Å². The molecule has 0 bridgehead atoms. The maximum absolute atomic E-state index is 14.2. The molecule has 1 N–H and O–H groups in total. The maximum atomic E-state index is 14.2. The SMILES string of the molecule is CCOCc1nc2cc(F)c(F)cc2n1C(C(=O)NC1CCCCC1)C1CCCCC1. The number of hydrogen-bond donors (Lipinski definition) is 1. The van der Waals surface area contributed by atoms with E-state index in [1.54, 1.807) is 0 Å². The van der Waals surface area contributed by atoms with Crippen molar-refractivity contribution in [2.45, 2.75) is 89.8 Å². The summed E-state index contributed by atoms with van der Waals surface area (Å²) in [6, 6.07) is 1.99. The minimum atomic E-state index is -0.930. The third-order valence-electron chi connectivity index (χ3n) is 6.83. The van der Waals surface area contributed by atoms with Crippen LogP contribution >= 0.6 is 0 Å². The topological polar surface area (TPSA) is 56.2 Å². The highest BCUT2D eigenvalue weighted by molar-refractivity contribution is 5.85. The Bertz CT molecular complexity index is 902. The first-order chi connectivity index (χ1) is 15.1. The predicted octanol–water partition coefficient (Wildman–Crippen LogP) is 5.42. The van der Waals surface area contributed by atoms with Crippen molar-refractivity contribution in [3.63, 3.8) is 0 Å². The first kappa shape index (κ1) is 22.2. The molecule has 2 fully saturated rings. The molecule has 4 rings (SSSR count). The number of halogens is 2. The number of amides is 1. The summed E-state index contributed by atoms with van der Waals surface area (Å²) in [5.41, 5.74) is 0.822. The Balaban J connectivity index is 1.76.